The quantitative estimate of drug-likeness (QED) is 0.879. The largest absolute Gasteiger partial charge is 0.377 e. The molecule has 3 rings (SSSR count). The first-order chi connectivity index (χ1) is 9.86. The Hall–Kier alpha value is -1.99. The Bertz CT molecular complexity index is 565. The highest BCUT2D eigenvalue weighted by Crippen LogP contribution is 2.21. The van der Waals surface area contributed by atoms with Crippen molar-refractivity contribution in [2.45, 2.75) is 6.61 Å². The van der Waals surface area contributed by atoms with Crippen LogP contribution >= 0.6 is 0 Å². The van der Waals surface area contributed by atoms with Crippen molar-refractivity contribution in [3.8, 4) is 11.5 Å². The Labute approximate surface area is 117 Å². The molecule has 1 aliphatic heterocycles. The number of aromatic nitrogens is 3. The second-order valence-corrected chi connectivity index (χ2v) is 4.59. The molecular formula is C13H17N5O2. The van der Waals surface area contributed by atoms with Gasteiger partial charge < -0.3 is 19.5 Å². The van der Waals surface area contributed by atoms with Crippen molar-refractivity contribution in [3.05, 3.63) is 24.2 Å². The van der Waals surface area contributed by atoms with Crippen molar-refractivity contribution in [3.63, 3.8) is 0 Å². The third-order valence-corrected chi connectivity index (χ3v) is 3.17. The summed E-state index contributed by atoms with van der Waals surface area (Å²) in [6.45, 7) is 4.21. The highest BCUT2D eigenvalue weighted by Gasteiger charge is 2.14. The number of rotatable bonds is 4. The molecule has 0 amide bonds. The van der Waals surface area contributed by atoms with Crippen LogP contribution in [-0.2, 0) is 11.3 Å². The van der Waals surface area contributed by atoms with Crippen molar-refractivity contribution in [1.29, 1.82) is 0 Å². The minimum absolute atomic E-state index is 0.346. The zero-order valence-electron chi connectivity index (χ0n) is 11.4. The van der Waals surface area contributed by atoms with E-state index in [2.05, 4.69) is 25.3 Å². The fraction of sp³-hybridized carbons (Fsp3) is 0.462. The maximum Gasteiger partial charge on any atom is 0.258 e. The lowest BCUT2D eigenvalue weighted by Crippen LogP contribution is -2.43. The molecule has 1 saturated heterocycles. The predicted molar refractivity (Wildman–Crippen MR) is 73.3 cm³/mol. The van der Waals surface area contributed by atoms with Gasteiger partial charge in [0.2, 0.25) is 0 Å². The number of methoxy groups -OCH3 is 1. The van der Waals surface area contributed by atoms with E-state index in [4.69, 9.17) is 9.26 Å². The lowest BCUT2D eigenvalue weighted by molar-refractivity contribution is 0.174. The predicted octanol–water partition coefficient (Wildman–Crippen LogP) is 0.688. The van der Waals surface area contributed by atoms with Gasteiger partial charge in [0.1, 0.15) is 12.4 Å². The van der Waals surface area contributed by atoms with Gasteiger partial charge in [-0.3, -0.25) is 0 Å². The fourth-order valence-electron chi connectivity index (χ4n) is 2.18. The molecule has 0 saturated carbocycles. The Morgan fingerprint density at radius 2 is 2.25 bits per heavy atom. The highest BCUT2D eigenvalue weighted by atomic mass is 16.5. The standard InChI is InChI=1S/C13H17N5O2/c1-19-9-11-16-13(20-17-11)10-2-3-15-12(8-10)18-6-4-14-5-7-18/h2-3,8,14H,4-7,9H2,1H3. The molecule has 0 unspecified atom stereocenters. The molecule has 0 spiro atoms. The minimum Gasteiger partial charge on any atom is -0.377 e. The van der Waals surface area contributed by atoms with Crippen LogP contribution in [0.1, 0.15) is 5.82 Å². The third kappa shape index (κ3) is 2.78. The van der Waals surface area contributed by atoms with Gasteiger partial charge in [0, 0.05) is 45.0 Å². The fourth-order valence-corrected chi connectivity index (χ4v) is 2.18. The second kappa shape index (κ2) is 5.98. The molecule has 7 nitrogen and oxygen atoms in total. The molecule has 1 fully saturated rings. The molecular weight excluding hydrogens is 258 g/mol. The molecule has 0 bridgehead atoms. The summed E-state index contributed by atoms with van der Waals surface area (Å²) < 4.78 is 10.2. The summed E-state index contributed by atoms with van der Waals surface area (Å²) in [6, 6.07) is 3.85. The Morgan fingerprint density at radius 1 is 1.40 bits per heavy atom. The lowest BCUT2D eigenvalue weighted by atomic mass is 10.2. The number of hydrogen-bond donors (Lipinski definition) is 1. The number of nitrogens with zero attached hydrogens (tertiary/aromatic N) is 4. The first-order valence-electron chi connectivity index (χ1n) is 6.60. The molecule has 20 heavy (non-hydrogen) atoms. The molecule has 1 N–H and O–H groups in total. The molecule has 106 valence electrons. The number of pyridine rings is 1. The molecule has 2 aromatic rings. The minimum atomic E-state index is 0.346. The summed E-state index contributed by atoms with van der Waals surface area (Å²) in [7, 11) is 1.60. The number of anilines is 1. The second-order valence-electron chi connectivity index (χ2n) is 4.59. The van der Waals surface area contributed by atoms with Crippen molar-refractivity contribution in [1.82, 2.24) is 20.4 Å². The van der Waals surface area contributed by atoms with Gasteiger partial charge in [-0.2, -0.15) is 4.98 Å². The molecule has 2 aromatic heterocycles. The van der Waals surface area contributed by atoms with Crippen LogP contribution in [0.3, 0.4) is 0 Å². The first kappa shape index (κ1) is 13.0. The smallest absolute Gasteiger partial charge is 0.258 e. The van der Waals surface area contributed by atoms with E-state index in [1.54, 1.807) is 13.3 Å². The first-order valence-corrected chi connectivity index (χ1v) is 6.60. The van der Waals surface area contributed by atoms with Crippen molar-refractivity contribution < 1.29 is 9.26 Å². The van der Waals surface area contributed by atoms with Crippen molar-refractivity contribution in [2.75, 3.05) is 38.2 Å². The van der Waals surface area contributed by atoms with Crippen LogP contribution in [0.2, 0.25) is 0 Å². The normalized spacial score (nSPS) is 15.6. The number of hydrogen-bond acceptors (Lipinski definition) is 7. The van der Waals surface area contributed by atoms with Gasteiger partial charge in [0.25, 0.3) is 5.89 Å². The number of ether oxygens (including phenoxy) is 1. The van der Waals surface area contributed by atoms with Crippen LogP contribution in [0.5, 0.6) is 0 Å². The van der Waals surface area contributed by atoms with Crippen LogP contribution in [0, 0.1) is 0 Å². The molecule has 3 heterocycles. The summed E-state index contributed by atoms with van der Waals surface area (Å²) in [5, 5.41) is 7.19. The van der Waals surface area contributed by atoms with Gasteiger partial charge in [-0.25, -0.2) is 4.98 Å². The van der Waals surface area contributed by atoms with Crippen LogP contribution < -0.4 is 10.2 Å². The average Bonchev–Trinajstić information content (AvgIpc) is 2.97. The summed E-state index contributed by atoms with van der Waals surface area (Å²) >= 11 is 0. The molecule has 0 aromatic carbocycles. The van der Waals surface area contributed by atoms with Crippen LogP contribution in [0.4, 0.5) is 5.82 Å². The number of piperazine rings is 1. The highest BCUT2D eigenvalue weighted by molar-refractivity contribution is 5.58. The Balaban J connectivity index is 1.82. The molecule has 0 atom stereocenters. The Kier molecular flexibility index (Phi) is 3.89. The third-order valence-electron chi connectivity index (χ3n) is 3.17. The van der Waals surface area contributed by atoms with Gasteiger partial charge in [0.05, 0.1) is 0 Å². The van der Waals surface area contributed by atoms with E-state index in [0.29, 0.717) is 18.3 Å². The monoisotopic (exact) mass is 275 g/mol. The van der Waals surface area contributed by atoms with Crippen LogP contribution in [0.25, 0.3) is 11.5 Å². The van der Waals surface area contributed by atoms with E-state index < -0.39 is 0 Å². The van der Waals surface area contributed by atoms with Crippen molar-refractivity contribution >= 4 is 5.82 Å². The average molecular weight is 275 g/mol. The van der Waals surface area contributed by atoms with Gasteiger partial charge in [-0.05, 0) is 12.1 Å². The summed E-state index contributed by atoms with van der Waals surface area (Å²) in [4.78, 5) is 11.0. The van der Waals surface area contributed by atoms with Crippen LogP contribution in [0.15, 0.2) is 22.9 Å². The maximum absolute atomic E-state index is 5.25. The van der Waals surface area contributed by atoms with Gasteiger partial charge in [0.15, 0.2) is 5.82 Å². The summed E-state index contributed by atoms with van der Waals surface area (Å²) in [5.41, 5.74) is 0.878. The zero-order chi connectivity index (χ0) is 13.8. The number of nitrogens with one attached hydrogen (secondary N) is 1. The van der Waals surface area contributed by atoms with E-state index in [-0.39, 0.29) is 0 Å². The lowest BCUT2D eigenvalue weighted by Gasteiger charge is -2.28. The summed E-state index contributed by atoms with van der Waals surface area (Å²) in [6.07, 6.45) is 1.77. The van der Waals surface area contributed by atoms with E-state index in [0.717, 1.165) is 37.6 Å². The van der Waals surface area contributed by atoms with Gasteiger partial charge in [-0.1, -0.05) is 5.16 Å². The summed E-state index contributed by atoms with van der Waals surface area (Å²) in [5.74, 6) is 1.98. The van der Waals surface area contributed by atoms with Gasteiger partial charge in [-0.15, -0.1) is 0 Å². The van der Waals surface area contributed by atoms with E-state index in [1.165, 1.54) is 0 Å². The zero-order valence-corrected chi connectivity index (χ0v) is 11.4. The molecule has 0 aliphatic carbocycles. The Morgan fingerprint density at radius 3 is 3.05 bits per heavy atom. The van der Waals surface area contributed by atoms with Gasteiger partial charge >= 0.3 is 0 Å². The molecule has 0 radical (unpaired) electrons. The van der Waals surface area contributed by atoms with E-state index >= 15 is 0 Å². The van der Waals surface area contributed by atoms with E-state index in [9.17, 15) is 0 Å². The molecule has 7 heteroatoms. The van der Waals surface area contributed by atoms with Crippen LogP contribution in [-0.4, -0.2) is 48.4 Å². The maximum atomic E-state index is 5.25. The molecule has 1 aliphatic rings. The topological polar surface area (TPSA) is 76.3 Å². The SMILES string of the molecule is COCc1noc(-c2ccnc(N3CCNCC3)c2)n1. The van der Waals surface area contributed by atoms with Crippen molar-refractivity contribution in [2.24, 2.45) is 0 Å². The van der Waals surface area contributed by atoms with E-state index in [1.807, 2.05) is 12.1 Å².